The second kappa shape index (κ2) is 6.39. The molecule has 2 rings (SSSR count). The second-order valence-corrected chi connectivity index (χ2v) is 4.51. The van der Waals surface area contributed by atoms with E-state index in [1.54, 1.807) is 30.3 Å². The third kappa shape index (κ3) is 3.85. The average Bonchev–Trinajstić information content (AvgIpc) is 2.45. The predicted octanol–water partition coefficient (Wildman–Crippen LogP) is 2.00. The van der Waals surface area contributed by atoms with Gasteiger partial charge in [0.05, 0.1) is 18.1 Å². The maximum atomic E-state index is 11.8. The molecule has 0 aliphatic carbocycles. The van der Waals surface area contributed by atoms with Crippen LogP contribution in [0.15, 0.2) is 48.5 Å². The molecular weight excluding hydrogens is 250 g/mol. The molecule has 0 saturated heterocycles. The molecule has 4 heteroatoms. The summed E-state index contributed by atoms with van der Waals surface area (Å²) in [6.45, 7) is 0.413. The van der Waals surface area contributed by atoms with Crippen molar-refractivity contribution in [2.75, 3.05) is 5.73 Å². The minimum atomic E-state index is -0.0713. The summed E-state index contributed by atoms with van der Waals surface area (Å²) >= 11 is 0. The lowest BCUT2D eigenvalue weighted by Crippen LogP contribution is -2.24. The number of benzene rings is 2. The minimum Gasteiger partial charge on any atom is -0.399 e. The summed E-state index contributed by atoms with van der Waals surface area (Å²) in [6.07, 6.45) is 0.295. The number of hydrogen-bond acceptors (Lipinski definition) is 3. The van der Waals surface area contributed by atoms with Gasteiger partial charge in [0.25, 0.3) is 0 Å². The van der Waals surface area contributed by atoms with Crippen LogP contribution in [0.25, 0.3) is 0 Å². The number of nitrogens with one attached hydrogen (secondary N) is 1. The van der Waals surface area contributed by atoms with E-state index in [-0.39, 0.29) is 5.91 Å². The molecule has 3 N–H and O–H groups in total. The zero-order valence-corrected chi connectivity index (χ0v) is 11.0. The van der Waals surface area contributed by atoms with Crippen LogP contribution in [0, 0.1) is 11.3 Å². The van der Waals surface area contributed by atoms with Crippen LogP contribution in [-0.2, 0) is 17.8 Å². The lowest BCUT2D eigenvalue weighted by atomic mass is 10.1. The van der Waals surface area contributed by atoms with Crippen molar-refractivity contribution in [2.45, 2.75) is 13.0 Å². The van der Waals surface area contributed by atoms with E-state index >= 15 is 0 Å². The van der Waals surface area contributed by atoms with Gasteiger partial charge in [0.15, 0.2) is 0 Å². The molecule has 0 heterocycles. The van der Waals surface area contributed by atoms with E-state index in [9.17, 15) is 4.79 Å². The number of anilines is 1. The molecule has 1 amide bonds. The molecule has 20 heavy (non-hydrogen) atoms. The Bertz CT molecular complexity index is 659. The third-order valence-electron chi connectivity index (χ3n) is 2.86. The molecule has 0 fully saturated rings. The fourth-order valence-electron chi connectivity index (χ4n) is 1.90. The molecule has 0 unspecified atom stereocenters. The molecule has 0 aromatic heterocycles. The summed E-state index contributed by atoms with van der Waals surface area (Å²) < 4.78 is 0. The highest BCUT2D eigenvalue weighted by Crippen LogP contribution is 2.07. The van der Waals surface area contributed by atoms with Crippen LogP contribution in [0.5, 0.6) is 0 Å². The average molecular weight is 265 g/mol. The summed E-state index contributed by atoms with van der Waals surface area (Å²) in [6, 6.07) is 16.5. The number of carbonyl (C=O) groups excluding carboxylic acids is 1. The first-order valence-electron chi connectivity index (χ1n) is 6.27. The lowest BCUT2D eigenvalue weighted by Gasteiger charge is -2.06. The Labute approximate surface area is 117 Å². The van der Waals surface area contributed by atoms with Gasteiger partial charge in [-0.25, -0.2) is 0 Å². The fourth-order valence-corrected chi connectivity index (χ4v) is 1.90. The van der Waals surface area contributed by atoms with Crippen LogP contribution in [0.2, 0.25) is 0 Å². The fraction of sp³-hybridized carbons (Fsp3) is 0.125. The van der Waals surface area contributed by atoms with Gasteiger partial charge >= 0.3 is 0 Å². The van der Waals surface area contributed by atoms with Gasteiger partial charge in [-0.2, -0.15) is 5.26 Å². The number of nitrogen functional groups attached to an aromatic ring is 1. The zero-order valence-electron chi connectivity index (χ0n) is 11.0. The molecule has 2 aromatic carbocycles. The molecule has 0 aliphatic rings. The molecule has 2 aromatic rings. The van der Waals surface area contributed by atoms with Gasteiger partial charge in [-0.15, -0.1) is 0 Å². The Kier molecular flexibility index (Phi) is 4.35. The Balaban J connectivity index is 1.90. The molecule has 0 atom stereocenters. The van der Waals surface area contributed by atoms with Crippen LogP contribution < -0.4 is 11.1 Å². The van der Waals surface area contributed by atoms with Crippen molar-refractivity contribution in [3.05, 3.63) is 65.2 Å². The van der Waals surface area contributed by atoms with Crippen molar-refractivity contribution in [3.8, 4) is 6.07 Å². The van der Waals surface area contributed by atoms with E-state index in [1.165, 1.54) is 0 Å². The molecule has 0 bridgehead atoms. The second-order valence-electron chi connectivity index (χ2n) is 4.51. The first-order chi connectivity index (χ1) is 9.67. The zero-order chi connectivity index (χ0) is 14.4. The molecular formula is C16H15N3O. The topological polar surface area (TPSA) is 78.9 Å². The Morgan fingerprint density at radius 3 is 2.65 bits per heavy atom. The summed E-state index contributed by atoms with van der Waals surface area (Å²) in [5.41, 5.74) is 8.70. The minimum absolute atomic E-state index is 0.0713. The smallest absolute Gasteiger partial charge is 0.224 e. The Morgan fingerprint density at radius 2 is 1.90 bits per heavy atom. The van der Waals surface area contributed by atoms with Gasteiger partial charge in [-0.1, -0.05) is 24.3 Å². The maximum absolute atomic E-state index is 11.8. The van der Waals surface area contributed by atoms with Crippen LogP contribution in [0.3, 0.4) is 0 Å². The highest BCUT2D eigenvalue weighted by molar-refractivity contribution is 5.78. The highest BCUT2D eigenvalue weighted by Gasteiger charge is 2.04. The predicted molar refractivity (Wildman–Crippen MR) is 77.6 cm³/mol. The van der Waals surface area contributed by atoms with Crippen molar-refractivity contribution < 1.29 is 4.79 Å². The maximum Gasteiger partial charge on any atom is 0.224 e. The van der Waals surface area contributed by atoms with Gasteiger partial charge in [-0.3, -0.25) is 4.79 Å². The summed E-state index contributed by atoms with van der Waals surface area (Å²) in [7, 11) is 0. The van der Waals surface area contributed by atoms with E-state index in [4.69, 9.17) is 11.0 Å². The van der Waals surface area contributed by atoms with Crippen molar-refractivity contribution in [2.24, 2.45) is 0 Å². The van der Waals surface area contributed by atoms with Gasteiger partial charge < -0.3 is 11.1 Å². The monoisotopic (exact) mass is 265 g/mol. The number of carbonyl (C=O) groups is 1. The summed E-state index contributed by atoms with van der Waals surface area (Å²) in [5.74, 6) is -0.0713. The van der Waals surface area contributed by atoms with E-state index in [2.05, 4.69) is 11.4 Å². The largest absolute Gasteiger partial charge is 0.399 e. The molecule has 0 aliphatic heterocycles. The molecule has 4 nitrogen and oxygen atoms in total. The van der Waals surface area contributed by atoms with Gasteiger partial charge in [0.2, 0.25) is 5.91 Å². The number of nitriles is 1. The van der Waals surface area contributed by atoms with E-state index in [0.717, 1.165) is 11.1 Å². The quantitative estimate of drug-likeness (QED) is 0.830. The Morgan fingerprint density at radius 1 is 1.15 bits per heavy atom. The van der Waals surface area contributed by atoms with Crippen LogP contribution in [-0.4, -0.2) is 5.91 Å². The highest BCUT2D eigenvalue weighted by atomic mass is 16.1. The van der Waals surface area contributed by atoms with Gasteiger partial charge in [0.1, 0.15) is 0 Å². The van der Waals surface area contributed by atoms with Crippen molar-refractivity contribution >= 4 is 11.6 Å². The van der Waals surface area contributed by atoms with E-state index in [1.807, 2.05) is 18.2 Å². The van der Waals surface area contributed by atoms with Crippen molar-refractivity contribution in [1.29, 1.82) is 5.26 Å². The number of nitrogens with two attached hydrogens (primary N) is 1. The standard InChI is InChI=1S/C16H15N3O/c17-10-13-4-1-5-14(7-13)11-19-16(20)9-12-3-2-6-15(18)8-12/h1-8H,9,11,18H2,(H,19,20). The van der Waals surface area contributed by atoms with Crippen molar-refractivity contribution in [3.63, 3.8) is 0 Å². The van der Waals surface area contributed by atoms with Gasteiger partial charge in [-0.05, 0) is 35.4 Å². The summed E-state index contributed by atoms with van der Waals surface area (Å²) in [4.78, 5) is 11.8. The van der Waals surface area contributed by atoms with Crippen LogP contribution in [0.1, 0.15) is 16.7 Å². The first-order valence-corrected chi connectivity index (χ1v) is 6.27. The number of amides is 1. The molecule has 0 spiro atoms. The number of nitrogens with zero attached hydrogens (tertiary/aromatic N) is 1. The molecule has 0 saturated carbocycles. The number of hydrogen-bond donors (Lipinski definition) is 2. The normalized spacial score (nSPS) is 9.75. The Hall–Kier alpha value is -2.80. The molecule has 100 valence electrons. The van der Waals surface area contributed by atoms with Gasteiger partial charge in [0, 0.05) is 12.2 Å². The molecule has 0 radical (unpaired) electrons. The third-order valence-corrected chi connectivity index (χ3v) is 2.86. The lowest BCUT2D eigenvalue weighted by molar-refractivity contribution is -0.120. The number of rotatable bonds is 4. The van der Waals surface area contributed by atoms with E-state index < -0.39 is 0 Å². The van der Waals surface area contributed by atoms with Crippen LogP contribution >= 0.6 is 0 Å². The summed E-state index contributed by atoms with van der Waals surface area (Å²) in [5, 5.41) is 11.6. The first kappa shape index (κ1) is 13.6. The SMILES string of the molecule is N#Cc1cccc(CNC(=O)Cc2cccc(N)c2)c1. The van der Waals surface area contributed by atoms with E-state index in [0.29, 0.717) is 24.2 Å². The van der Waals surface area contributed by atoms with Crippen molar-refractivity contribution in [1.82, 2.24) is 5.32 Å². The van der Waals surface area contributed by atoms with Crippen LogP contribution in [0.4, 0.5) is 5.69 Å².